The number of nitrogens with zero attached hydrogens (tertiary/aromatic N) is 1. The van der Waals surface area contributed by atoms with Gasteiger partial charge in [-0.3, -0.25) is 0 Å². The third-order valence-electron chi connectivity index (χ3n) is 1.68. The molecule has 0 spiro atoms. The number of allylic oxidation sites excluding steroid dienone is 2. The first-order chi connectivity index (χ1) is 4.75. The Kier molecular flexibility index (Phi) is 4.93. The van der Waals surface area contributed by atoms with E-state index < -0.39 is 0 Å². The van der Waals surface area contributed by atoms with Gasteiger partial charge in [0.15, 0.2) is 0 Å². The Morgan fingerprint density at radius 1 is 1.73 bits per heavy atom. The molecule has 1 rings (SSSR count). The van der Waals surface area contributed by atoms with E-state index in [0.717, 1.165) is 6.42 Å². The molecule has 0 heterocycles. The van der Waals surface area contributed by atoms with Gasteiger partial charge >= 0.3 is 18.9 Å². The van der Waals surface area contributed by atoms with Crippen molar-refractivity contribution in [2.24, 2.45) is 5.92 Å². The molecule has 0 aliphatic heterocycles. The van der Waals surface area contributed by atoms with E-state index in [1.807, 2.05) is 0 Å². The summed E-state index contributed by atoms with van der Waals surface area (Å²) in [5, 5.41) is 19.2. The van der Waals surface area contributed by atoms with Gasteiger partial charge in [-0.25, -0.2) is 0 Å². The van der Waals surface area contributed by atoms with E-state index in [0.29, 0.717) is 17.3 Å². The number of hydrogen-bond acceptors (Lipinski definition) is 2. The number of hydrogen-bond donors (Lipinski definition) is 0. The van der Waals surface area contributed by atoms with Crippen molar-refractivity contribution >= 4 is 15.9 Å². The Labute approximate surface area is 86.6 Å². The van der Waals surface area contributed by atoms with Crippen LogP contribution in [0.4, 0.5) is 0 Å². The molecular formula is C7H7BrLiNO. The Morgan fingerprint density at radius 3 is 2.73 bits per heavy atom. The summed E-state index contributed by atoms with van der Waals surface area (Å²) in [5.41, 5.74) is 0. The van der Waals surface area contributed by atoms with Crippen LogP contribution in [0.5, 0.6) is 0 Å². The van der Waals surface area contributed by atoms with E-state index in [-0.39, 0.29) is 30.5 Å². The molecule has 0 aromatic rings. The predicted octanol–water partition coefficient (Wildman–Crippen LogP) is -1.72. The third-order valence-corrected chi connectivity index (χ3v) is 2.77. The Balaban J connectivity index is 0.000001000. The second kappa shape index (κ2) is 4.88. The third kappa shape index (κ3) is 2.56. The van der Waals surface area contributed by atoms with Crippen molar-refractivity contribution < 1.29 is 24.0 Å². The Bertz CT molecular complexity index is 209. The topological polar surface area (TPSA) is 46.8 Å². The molecule has 0 amide bonds. The van der Waals surface area contributed by atoms with Crippen LogP contribution in [-0.4, -0.2) is 0 Å². The van der Waals surface area contributed by atoms with Crippen molar-refractivity contribution in [2.75, 3.05) is 0 Å². The van der Waals surface area contributed by atoms with Gasteiger partial charge in [0.1, 0.15) is 0 Å². The number of nitriles is 1. The van der Waals surface area contributed by atoms with Crippen LogP contribution in [0.3, 0.4) is 0 Å². The van der Waals surface area contributed by atoms with Gasteiger partial charge in [-0.2, -0.15) is 5.26 Å². The summed E-state index contributed by atoms with van der Waals surface area (Å²) in [5.74, 6) is 0.345. The van der Waals surface area contributed by atoms with Crippen LogP contribution in [0.2, 0.25) is 0 Å². The molecule has 4 heteroatoms. The summed E-state index contributed by atoms with van der Waals surface area (Å²) < 4.78 is 0.717. The quantitative estimate of drug-likeness (QED) is 0.481. The normalized spacial score (nSPS) is 22.7. The van der Waals surface area contributed by atoms with E-state index in [9.17, 15) is 5.11 Å². The molecule has 0 radical (unpaired) electrons. The summed E-state index contributed by atoms with van der Waals surface area (Å²) >= 11 is 3.19. The van der Waals surface area contributed by atoms with Crippen LogP contribution >= 0.6 is 15.9 Å². The van der Waals surface area contributed by atoms with Crippen LogP contribution in [0.15, 0.2) is 10.2 Å². The Morgan fingerprint density at radius 2 is 2.36 bits per heavy atom. The van der Waals surface area contributed by atoms with Gasteiger partial charge in [0.25, 0.3) is 0 Å². The predicted molar refractivity (Wildman–Crippen MR) is 38.9 cm³/mol. The van der Waals surface area contributed by atoms with Crippen molar-refractivity contribution in [1.29, 1.82) is 5.26 Å². The standard InChI is InChI=1S/C7H8BrNO.Li/c8-7-5(3-4-9)1-2-6(7)10;/h5,10H,1-3H2;/q;+1/p-1. The summed E-state index contributed by atoms with van der Waals surface area (Å²) in [6.45, 7) is 0. The van der Waals surface area contributed by atoms with Gasteiger partial charge in [-0.15, -0.1) is 5.76 Å². The smallest absolute Gasteiger partial charge is 0.875 e. The van der Waals surface area contributed by atoms with Crippen LogP contribution in [-0.2, 0) is 0 Å². The van der Waals surface area contributed by atoms with Crippen molar-refractivity contribution in [3.8, 4) is 6.07 Å². The van der Waals surface area contributed by atoms with Crippen molar-refractivity contribution in [1.82, 2.24) is 0 Å². The molecular weight excluding hydrogens is 201 g/mol. The summed E-state index contributed by atoms with van der Waals surface area (Å²) in [4.78, 5) is 0. The fourth-order valence-corrected chi connectivity index (χ4v) is 1.67. The van der Waals surface area contributed by atoms with Gasteiger partial charge < -0.3 is 5.11 Å². The Hall–Kier alpha value is 0.107. The van der Waals surface area contributed by atoms with Crippen molar-refractivity contribution in [3.05, 3.63) is 10.2 Å². The van der Waals surface area contributed by atoms with Gasteiger partial charge in [0, 0.05) is 12.3 Å². The summed E-state index contributed by atoms with van der Waals surface area (Å²) in [6.07, 6.45) is 1.91. The maximum Gasteiger partial charge on any atom is 1.00 e. The maximum absolute atomic E-state index is 10.9. The zero-order valence-corrected chi connectivity index (χ0v) is 8.02. The molecule has 0 aromatic carbocycles. The minimum Gasteiger partial charge on any atom is -0.875 e. The summed E-state index contributed by atoms with van der Waals surface area (Å²) in [6, 6.07) is 2.06. The zero-order valence-electron chi connectivity index (χ0n) is 6.43. The van der Waals surface area contributed by atoms with E-state index in [1.54, 1.807) is 0 Å². The first kappa shape index (κ1) is 11.1. The molecule has 2 nitrogen and oxygen atoms in total. The van der Waals surface area contributed by atoms with Gasteiger partial charge in [-0.05, 0) is 17.3 Å². The number of rotatable bonds is 1. The molecule has 1 atom stereocenters. The van der Waals surface area contributed by atoms with Crippen LogP contribution in [0.1, 0.15) is 19.3 Å². The SMILES string of the molecule is N#CCC1CCC([O-])=C1Br.[Li+]. The zero-order chi connectivity index (χ0) is 7.56. The maximum atomic E-state index is 10.9. The fourth-order valence-electron chi connectivity index (χ4n) is 1.08. The molecule has 0 N–H and O–H groups in total. The van der Waals surface area contributed by atoms with Crippen molar-refractivity contribution in [2.45, 2.75) is 19.3 Å². The minimum absolute atomic E-state index is 0. The van der Waals surface area contributed by atoms with Crippen LogP contribution in [0, 0.1) is 17.2 Å². The van der Waals surface area contributed by atoms with E-state index >= 15 is 0 Å². The average molecular weight is 208 g/mol. The van der Waals surface area contributed by atoms with E-state index in [2.05, 4.69) is 22.0 Å². The average Bonchev–Trinajstić information content (AvgIpc) is 2.20. The molecule has 0 aromatic heterocycles. The second-order valence-electron chi connectivity index (χ2n) is 2.37. The molecule has 11 heavy (non-hydrogen) atoms. The summed E-state index contributed by atoms with van der Waals surface area (Å²) in [7, 11) is 0. The van der Waals surface area contributed by atoms with Gasteiger partial charge in [0.2, 0.25) is 0 Å². The molecule has 1 unspecified atom stereocenters. The van der Waals surface area contributed by atoms with Gasteiger partial charge in [0.05, 0.1) is 6.07 Å². The molecule has 1 aliphatic rings. The molecule has 0 bridgehead atoms. The second-order valence-corrected chi connectivity index (χ2v) is 3.22. The van der Waals surface area contributed by atoms with Crippen LogP contribution < -0.4 is 24.0 Å². The van der Waals surface area contributed by atoms with E-state index in [4.69, 9.17) is 5.26 Å². The van der Waals surface area contributed by atoms with E-state index in [1.165, 1.54) is 0 Å². The molecule has 1 aliphatic carbocycles. The number of halogens is 1. The molecule has 0 saturated carbocycles. The van der Waals surface area contributed by atoms with Gasteiger partial charge in [-0.1, -0.05) is 15.9 Å². The fraction of sp³-hybridized carbons (Fsp3) is 0.571. The molecule has 0 saturated heterocycles. The first-order valence-corrected chi connectivity index (χ1v) is 3.97. The van der Waals surface area contributed by atoms with Crippen molar-refractivity contribution in [3.63, 3.8) is 0 Å². The monoisotopic (exact) mass is 207 g/mol. The first-order valence-electron chi connectivity index (χ1n) is 3.18. The molecule has 54 valence electrons. The molecule has 0 fully saturated rings. The largest absolute Gasteiger partial charge is 1.00 e. The minimum atomic E-state index is 0. The van der Waals surface area contributed by atoms with Crippen LogP contribution in [0.25, 0.3) is 0 Å².